The summed E-state index contributed by atoms with van der Waals surface area (Å²) in [5.74, 6) is -1.20. The number of hydrogen-bond acceptors (Lipinski definition) is 2. The molecule has 0 fully saturated rings. The number of amidine groups is 1. The van der Waals surface area contributed by atoms with E-state index in [9.17, 15) is 8.78 Å². The Kier molecular flexibility index (Phi) is 4.20. The van der Waals surface area contributed by atoms with Gasteiger partial charge in [0.15, 0.2) is 0 Å². The highest BCUT2D eigenvalue weighted by molar-refractivity contribution is 6.32. The minimum Gasteiger partial charge on any atom is -0.487 e. The van der Waals surface area contributed by atoms with Crippen LogP contribution in [0.3, 0.4) is 0 Å². The van der Waals surface area contributed by atoms with Crippen LogP contribution in [0, 0.1) is 17.0 Å². The van der Waals surface area contributed by atoms with E-state index in [1.807, 2.05) is 0 Å². The van der Waals surface area contributed by atoms with E-state index in [2.05, 4.69) is 0 Å². The third-order valence-electron chi connectivity index (χ3n) is 2.65. The first kappa shape index (κ1) is 14.3. The average molecular weight is 297 g/mol. The molecule has 2 rings (SSSR count). The molecule has 2 aromatic carbocycles. The quantitative estimate of drug-likeness (QED) is 0.670. The first-order valence-corrected chi connectivity index (χ1v) is 6.06. The number of nitrogens with two attached hydrogens (primary N) is 1. The van der Waals surface area contributed by atoms with Crippen LogP contribution >= 0.6 is 11.6 Å². The summed E-state index contributed by atoms with van der Waals surface area (Å²) >= 11 is 5.80. The van der Waals surface area contributed by atoms with Crippen molar-refractivity contribution in [1.82, 2.24) is 0 Å². The van der Waals surface area contributed by atoms with E-state index in [4.69, 9.17) is 27.5 Å². The summed E-state index contributed by atoms with van der Waals surface area (Å²) in [6.45, 7) is -0.0989. The minimum atomic E-state index is -0.613. The van der Waals surface area contributed by atoms with Crippen LogP contribution in [0.15, 0.2) is 36.4 Å². The summed E-state index contributed by atoms with van der Waals surface area (Å²) in [6, 6.07) is 8.17. The molecule has 0 aliphatic carbocycles. The lowest BCUT2D eigenvalue weighted by Crippen LogP contribution is -2.14. The molecule has 0 heterocycles. The number of ether oxygens (including phenoxy) is 1. The first-order valence-electron chi connectivity index (χ1n) is 5.68. The number of halogens is 3. The second-order valence-corrected chi connectivity index (χ2v) is 4.46. The highest BCUT2D eigenvalue weighted by atomic mass is 35.5. The Morgan fingerprint density at radius 1 is 1.25 bits per heavy atom. The first-order chi connectivity index (χ1) is 9.49. The molecule has 0 aliphatic rings. The standard InChI is InChI=1S/C14H11ClF2N2O/c15-11-6-9(16)4-5-12(11)20-7-8-2-1-3-10(13(8)17)14(18)19/h1-6H,7H2,(H3,18,19). The Bertz CT molecular complexity index is 662. The molecule has 20 heavy (non-hydrogen) atoms. The molecule has 0 aromatic heterocycles. The number of nitrogens with one attached hydrogen (secondary N) is 1. The van der Waals surface area contributed by atoms with Crippen molar-refractivity contribution in [3.8, 4) is 5.75 Å². The van der Waals surface area contributed by atoms with Crippen molar-refractivity contribution < 1.29 is 13.5 Å². The van der Waals surface area contributed by atoms with E-state index >= 15 is 0 Å². The maximum absolute atomic E-state index is 14.0. The number of nitrogen functional groups attached to an aromatic ring is 1. The molecule has 0 atom stereocenters. The van der Waals surface area contributed by atoms with Crippen LogP contribution in [0.25, 0.3) is 0 Å². The van der Waals surface area contributed by atoms with Gasteiger partial charge in [0.1, 0.15) is 29.8 Å². The maximum atomic E-state index is 14.0. The molecular weight excluding hydrogens is 286 g/mol. The summed E-state index contributed by atoms with van der Waals surface area (Å²) in [6.07, 6.45) is 0. The smallest absolute Gasteiger partial charge is 0.140 e. The molecule has 104 valence electrons. The Hall–Kier alpha value is -2.14. The summed E-state index contributed by atoms with van der Waals surface area (Å²) in [5, 5.41) is 7.37. The maximum Gasteiger partial charge on any atom is 0.140 e. The molecule has 0 bridgehead atoms. The van der Waals surface area contributed by atoms with E-state index in [-0.39, 0.29) is 34.3 Å². The predicted molar refractivity (Wildman–Crippen MR) is 73.2 cm³/mol. The molecule has 0 aliphatic heterocycles. The zero-order valence-corrected chi connectivity index (χ0v) is 11.0. The molecular formula is C14H11ClF2N2O. The molecule has 0 unspecified atom stereocenters. The number of hydrogen-bond donors (Lipinski definition) is 2. The SMILES string of the molecule is N=C(N)c1cccc(COc2ccc(F)cc2Cl)c1F. The molecule has 0 amide bonds. The predicted octanol–water partition coefficient (Wildman–Crippen LogP) is 3.48. The van der Waals surface area contributed by atoms with E-state index < -0.39 is 11.6 Å². The van der Waals surface area contributed by atoms with Crippen LogP contribution < -0.4 is 10.5 Å². The van der Waals surface area contributed by atoms with Crippen LogP contribution in [0.2, 0.25) is 5.02 Å². The van der Waals surface area contributed by atoms with Crippen LogP contribution in [0.5, 0.6) is 5.75 Å². The largest absolute Gasteiger partial charge is 0.487 e. The highest BCUT2D eigenvalue weighted by Crippen LogP contribution is 2.26. The van der Waals surface area contributed by atoms with Crippen molar-refractivity contribution in [1.29, 1.82) is 5.41 Å². The van der Waals surface area contributed by atoms with Crippen molar-refractivity contribution in [3.05, 3.63) is 64.2 Å². The number of benzene rings is 2. The van der Waals surface area contributed by atoms with Gasteiger partial charge in [-0.1, -0.05) is 23.7 Å². The van der Waals surface area contributed by atoms with Gasteiger partial charge in [-0.2, -0.15) is 0 Å². The van der Waals surface area contributed by atoms with Crippen molar-refractivity contribution in [3.63, 3.8) is 0 Å². The third kappa shape index (κ3) is 3.05. The fourth-order valence-corrected chi connectivity index (χ4v) is 1.87. The molecule has 3 N–H and O–H groups in total. The van der Waals surface area contributed by atoms with Gasteiger partial charge in [0.2, 0.25) is 0 Å². The monoisotopic (exact) mass is 296 g/mol. The van der Waals surface area contributed by atoms with Gasteiger partial charge >= 0.3 is 0 Å². The minimum absolute atomic E-state index is 0.0105. The Labute approximate surface area is 119 Å². The van der Waals surface area contributed by atoms with Gasteiger partial charge in [0, 0.05) is 5.56 Å². The lowest BCUT2D eigenvalue weighted by molar-refractivity contribution is 0.299. The fourth-order valence-electron chi connectivity index (χ4n) is 1.65. The van der Waals surface area contributed by atoms with E-state index in [1.165, 1.54) is 24.3 Å². The van der Waals surface area contributed by atoms with Crippen molar-refractivity contribution in [2.24, 2.45) is 5.73 Å². The van der Waals surface area contributed by atoms with Gasteiger partial charge in [-0.15, -0.1) is 0 Å². The second kappa shape index (κ2) is 5.88. The van der Waals surface area contributed by atoms with Gasteiger partial charge in [0.05, 0.1) is 10.6 Å². The van der Waals surface area contributed by atoms with Gasteiger partial charge < -0.3 is 10.5 Å². The van der Waals surface area contributed by atoms with Crippen LogP contribution in [-0.4, -0.2) is 5.84 Å². The van der Waals surface area contributed by atoms with Crippen LogP contribution in [0.1, 0.15) is 11.1 Å². The topological polar surface area (TPSA) is 59.1 Å². The van der Waals surface area contributed by atoms with Gasteiger partial charge in [0.25, 0.3) is 0 Å². The molecule has 0 saturated heterocycles. The molecule has 0 radical (unpaired) electrons. The van der Waals surface area contributed by atoms with Crippen molar-refractivity contribution >= 4 is 17.4 Å². The molecule has 0 saturated carbocycles. The lowest BCUT2D eigenvalue weighted by atomic mass is 10.1. The Morgan fingerprint density at radius 3 is 2.65 bits per heavy atom. The van der Waals surface area contributed by atoms with Crippen molar-refractivity contribution in [2.45, 2.75) is 6.61 Å². The van der Waals surface area contributed by atoms with Gasteiger partial charge in [-0.3, -0.25) is 5.41 Å². The summed E-state index contributed by atoms with van der Waals surface area (Å²) in [7, 11) is 0. The molecule has 6 heteroatoms. The zero-order valence-electron chi connectivity index (χ0n) is 10.3. The van der Waals surface area contributed by atoms with Crippen LogP contribution in [0.4, 0.5) is 8.78 Å². The van der Waals surface area contributed by atoms with Gasteiger partial charge in [-0.25, -0.2) is 8.78 Å². The zero-order chi connectivity index (χ0) is 14.7. The van der Waals surface area contributed by atoms with E-state index in [0.29, 0.717) is 0 Å². The summed E-state index contributed by atoms with van der Waals surface area (Å²) in [5.41, 5.74) is 5.52. The molecule has 0 spiro atoms. The molecule has 3 nitrogen and oxygen atoms in total. The fraction of sp³-hybridized carbons (Fsp3) is 0.0714. The van der Waals surface area contributed by atoms with E-state index in [1.54, 1.807) is 6.07 Å². The normalized spacial score (nSPS) is 10.3. The Morgan fingerprint density at radius 2 is 2.00 bits per heavy atom. The molecule has 2 aromatic rings. The second-order valence-electron chi connectivity index (χ2n) is 4.06. The summed E-state index contributed by atoms with van der Waals surface area (Å²) < 4.78 is 32.2. The summed E-state index contributed by atoms with van der Waals surface area (Å²) in [4.78, 5) is 0. The van der Waals surface area contributed by atoms with Gasteiger partial charge in [-0.05, 0) is 24.3 Å². The Balaban J connectivity index is 2.19. The lowest BCUT2D eigenvalue weighted by Gasteiger charge is -2.10. The van der Waals surface area contributed by atoms with Crippen molar-refractivity contribution in [2.75, 3.05) is 0 Å². The highest BCUT2D eigenvalue weighted by Gasteiger charge is 2.11. The third-order valence-corrected chi connectivity index (χ3v) is 2.94. The number of rotatable bonds is 4. The average Bonchev–Trinajstić information content (AvgIpc) is 2.39. The van der Waals surface area contributed by atoms with Crippen LogP contribution in [-0.2, 0) is 6.61 Å². The van der Waals surface area contributed by atoms with E-state index in [0.717, 1.165) is 6.07 Å².